The van der Waals surface area contributed by atoms with Crippen molar-refractivity contribution >= 4 is 52.1 Å². The number of ether oxygens (including phenoxy) is 1. The molecule has 1 aromatic heterocycles. The van der Waals surface area contributed by atoms with Crippen LogP contribution in [0.4, 0.5) is 17.1 Å². The average Bonchev–Trinajstić information content (AvgIpc) is 3.12. The number of anilines is 3. The van der Waals surface area contributed by atoms with E-state index >= 15 is 0 Å². The van der Waals surface area contributed by atoms with Gasteiger partial charge in [-0.1, -0.05) is 36.4 Å². The molecule has 1 amide bonds. The van der Waals surface area contributed by atoms with Crippen LogP contribution in [0.5, 0.6) is 5.75 Å². The third-order valence-corrected chi connectivity index (χ3v) is 7.23. The van der Waals surface area contributed by atoms with Gasteiger partial charge in [0, 0.05) is 17.6 Å². The van der Waals surface area contributed by atoms with Crippen LogP contribution in [-0.4, -0.2) is 32.7 Å². The van der Waals surface area contributed by atoms with Gasteiger partial charge >= 0.3 is 0 Å². The zero-order valence-electron chi connectivity index (χ0n) is 21.5. The Morgan fingerprint density at radius 2 is 1.68 bits per heavy atom. The molecule has 8 nitrogen and oxygen atoms in total. The molecule has 1 heterocycles. The van der Waals surface area contributed by atoms with Crippen molar-refractivity contribution in [3.8, 4) is 11.4 Å². The van der Waals surface area contributed by atoms with Gasteiger partial charge in [0.05, 0.1) is 29.4 Å². The third kappa shape index (κ3) is 6.09. The molecule has 0 aliphatic rings. The number of aromatic nitrogens is 2. The molecule has 196 valence electrons. The van der Waals surface area contributed by atoms with Crippen LogP contribution in [0.15, 0.2) is 88.6 Å². The lowest BCUT2D eigenvalue weighted by atomic mass is 10.3. The molecule has 3 aromatic carbocycles. The Morgan fingerprint density at radius 3 is 2.42 bits per heavy atom. The SMILES string of the molecule is COc1ccccc1NC(=S)Nc1cccc(SC(C)C(=O)Nc2c(C)n(C)n(-c3ccccc3)c2=O)c1. The molecule has 0 saturated carbocycles. The van der Waals surface area contributed by atoms with Gasteiger partial charge in [-0.2, -0.15) is 0 Å². The monoisotopic (exact) mass is 547 g/mol. The molecule has 1 unspecified atom stereocenters. The van der Waals surface area contributed by atoms with Gasteiger partial charge in [-0.3, -0.25) is 14.3 Å². The number of thioether (sulfide) groups is 1. The number of para-hydroxylation sites is 3. The largest absolute Gasteiger partial charge is 0.495 e. The normalized spacial score (nSPS) is 11.5. The van der Waals surface area contributed by atoms with Crippen LogP contribution in [-0.2, 0) is 11.8 Å². The second kappa shape index (κ2) is 12.0. The molecule has 0 fully saturated rings. The molecule has 38 heavy (non-hydrogen) atoms. The van der Waals surface area contributed by atoms with Crippen molar-refractivity contribution in [2.75, 3.05) is 23.1 Å². The first-order valence-corrected chi connectivity index (χ1v) is 13.2. The zero-order chi connectivity index (χ0) is 27.2. The number of carbonyl (C=O) groups excluding carboxylic acids is 1. The van der Waals surface area contributed by atoms with Crippen LogP contribution >= 0.6 is 24.0 Å². The predicted molar refractivity (Wildman–Crippen MR) is 159 cm³/mol. The average molecular weight is 548 g/mol. The van der Waals surface area contributed by atoms with Gasteiger partial charge in [-0.25, -0.2) is 4.68 Å². The van der Waals surface area contributed by atoms with E-state index in [2.05, 4.69) is 16.0 Å². The second-order valence-electron chi connectivity index (χ2n) is 8.49. The van der Waals surface area contributed by atoms with E-state index in [1.807, 2.05) is 92.7 Å². The number of rotatable bonds is 8. The fourth-order valence-electron chi connectivity index (χ4n) is 3.87. The number of nitrogens with zero attached hydrogens (tertiary/aromatic N) is 2. The highest BCUT2D eigenvalue weighted by Gasteiger charge is 2.21. The highest BCUT2D eigenvalue weighted by atomic mass is 32.2. The van der Waals surface area contributed by atoms with E-state index in [0.717, 1.165) is 22.0 Å². The minimum atomic E-state index is -0.451. The van der Waals surface area contributed by atoms with Crippen molar-refractivity contribution in [1.82, 2.24) is 9.36 Å². The number of hydrogen-bond acceptors (Lipinski definition) is 5. The van der Waals surface area contributed by atoms with Crippen LogP contribution in [0, 0.1) is 6.92 Å². The third-order valence-electron chi connectivity index (χ3n) is 5.93. The lowest BCUT2D eigenvalue weighted by Gasteiger charge is -2.15. The lowest BCUT2D eigenvalue weighted by Crippen LogP contribution is -2.27. The molecule has 1 atom stereocenters. The molecule has 0 radical (unpaired) electrons. The van der Waals surface area contributed by atoms with Crippen molar-refractivity contribution in [1.29, 1.82) is 0 Å². The smallest absolute Gasteiger partial charge is 0.295 e. The number of nitrogens with one attached hydrogen (secondary N) is 3. The maximum Gasteiger partial charge on any atom is 0.295 e. The number of thiocarbonyl (C=S) groups is 1. The maximum atomic E-state index is 13.1. The van der Waals surface area contributed by atoms with Gasteiger partial charge in [0.25, 0.3) is 5.56 Å². The molecule has 4 rings (SSSR count). The molecular formula is C28H29N5O3S2. The molecule has 0 aliphatic carbocycles. The number of benzene rings is 3. The summed E-state index contributed by atoms with van der Waals surface area (Å²) in [6.07, 6.45) is 0. The zero-order valence-corrected chi connectivity index (χ0v) is 23.2. The summed E-state index contributed by atoms with van der Waals surface area (Å²) in [5.74, 6) is 0.428. The number of methoxy groups -OCH3 is 1. The van der Waals surface area contributed by atoms with E-state index < -0.39 is 5.25 Å². The summed E-state index contributed by atoms with van der Waals surface area (Å²) in [5.41, 5.74) is 2.94. The van der Waals surface area contributed by atoms with Crippen molar-refractivity contribution in [3.63, 3.8) is 0 Å². The first kappa shape index (κ1) is 27.0. The molecule has 10 heteroatoms. The molecule has 3 N–H and O–H groups in total. The quantitative estimate of drug-likeness (QED) is 0.200. The number of hydrogen-bond donors (Lipinski definition) is 3. The molecule has 0 spiro atoms. The molecule has 4 aromatic rings. The Bertz CT molecular complexity index is 1510. The Balaban J connectivity index is 1.42. The van der Waals surface area contributed by atoms with Crippen LogP contribution in [0.3, 0.4) is 0 Å². The molecular weight excluding hydrogens is 518 g/mol. The maximum absolute atomic E-state index is 13.1. The minimum absolute atomic E-state index is 0.257. The van der Waals surface area contributed by atoms with Crippen LogP contribution in [0.1, 0.15) is 12.6 Å². The fraction of sp³-hybridized carbons (Fsp3) is 0.179. The summed E-state index contributed by atoms with van der Waals surface area (Å²) in [5, 5.41) is 9.11. The van der Waals surface area contributed by atoms with E-state index in [-0.39, 0.29) is 17.2 Å². The summed E-state index contributed by atoms with van der Waals surface area (Å²) in [4.78, 5) is 27.1. The molecule has 0 aliphatic heterocycles. The van der Waals surface area contributed by atoms with Crippen molar-refractivity contribution < 1.29 is 9.53 Å². The highest BCUT2D eigenvalue weighted by Crippen LogP contribution is 2.28. The standard InChI is InChI=1S/C28H29N5O3S2/c1-18-25(27(35)33(32(18)3)21-12-6-5-7-13-21)31-26(34)19(2)38-22-14-10-11-20(17-22)29-28(37)30-23-15-8-9-16-24(23)36-4/h5-17,19H,1-4H3,(H,31,34)(H2,29,30,37). The number of carbonyl (C=O) groups is 1. The Morgan fingerprint density at radius 1 is 0.974 bits per heavy atom. The fourth-order valence-corrected chi connectivity index (χ4v) is 5.03. The van der Waals surface area contributed by atoms with Crippen molar-refractivity contribution in [2.24, 2.45) is 7.05 Å². The van der Waals surface area contributed by atoms with Crippen LogP contribution < -0.4 is 26.2 Å². The molecule has 0 bridgehead atoms. The van der Waals surface area contributed by atoms with E-state index in [1.54, 1.807) is 23.5 Å². The highest BCUT2D eigenvalue weighted by molar-refractivity contribution is 8.00. The lowest BCUT2D eigenvalue weighted by molar-refractivity contribution is -0.115. The summed E-state index contributed by atoms with van der Waals surface area (Å²) in [6.45, 7) is 3.62. The Hall–Kier alpha value is -4.02. The molecule has 0 saturated heterocycles. The van der Waals surface area contributed by atoms with Crippen LogP contribution in [0.2, 0.25) is 0 Å². The predicted octanol–water partition coefficient (Wildman–Crippen LogP) is 5.42. The van der Waals surface area contributed by atoms with Gasteiger partial charge in [0.15, 0.2) is 5.11 Å². The van der Waals surface area contributed by atoms with Gasteiger partial charge in [0.2, 0.25) is 5.91 Å². The second-order valence-corrected chi connectivity index (χ2v) is 10.3. The van der Waals surface area contributed by atoms with Gasteiger partial charge in [-0.05, 0) is 68.5 Å². The van der Waals surface area contributed by atoms with Gasteiger partial charge < -0.3 is 20.7 Å². The minimum Gasteiger partial charge on any atom is -0.495 e. The summed E-state index contributed by atoms with van der Waals surface area (Å²) >= 11 is 6.85. The van der Waals surface area contributed by atoms with E-state index in [0.29, 0.717) is 16.6 Å². The van der Waals surface area contributed by atoms with Crippen molar-refractivity contribution in [2.45, 2.75) is 24.0 Å². The first-order valence-electron chi connectivity index (χ1n) is 11.9. The summed E-state index contributed by atoms with van der Waals surface area (Å²) in [7, 11) is 3.40. The Labute approximate surface area is 231 Å². The van der Waals surface area contributed by atoms with E-state index in [4.69, 9.17) is 17.0 Å². The van der Waals surface area contributed by atoms with Gasteiger partial charge in [-0.15, -0.1) is 11.8 Å². The van der Waals surface area contributed by atoms with E-state index in [9.17, 15) is 9.59 Å². The number of amides is 1. The van der Waals surface area contributed by atoms with E-state index in [1.165, 1.54) is 11.8 Å². The first-order chi connectivity index (χ1) is 18.3. The van der Waals surface area contributed by atoms with Gasteiger partial charge in [0.1, 0.15) is 11.4 Å². The van der Waals surface area contributed by atoms with Crippen molar-refractivity contribution in [3.05, 3.63) is 94.9 Å². The topological polar surface area (TPSA) is 89.3 Å². The van der Waals surface area contributed by atoms with Crippen LogP contribution in [0.25, 0.3) is 5.69 Å². The Kier molecular flexibility index (Phi) is 8.55. The summed E-state index contributed by atoms with van der Waals surface area (Å²) < 4.78 is 8.64. The summed E-state index contributed by atoms with van der Waals surface area (Å²) in [6, 6.07) is 24.5.